The smallest absolute Gasteiger partial charge is 0.325 e. The summed E-state index contributed by atoms with van der Waals surface area (Å²) in [5.74, 6) is 0.770. The van der Waals surface area contributed by atoms with Gasteiger partial charge < -0.3 is 21.5 Å². The lowest BCUT2D eigenvalue weighted by molar-refractivity contribution is 0.241. The molecule has 1 aliphatic heterocycles. The first kappa shape index (κ1) is 29.2. The van der Waals surface area contributed by atoms with Gasteiger partial charge in [-0.3, -0.25) is 0 Å². The van der Waals surface area contributed by atoms with Gasteiger partial charge in [-0.15, -0.1) is 0 Å². The van der Waals surface area contributed by atoms with E-state index in [9.17, 15) is 0 Å². The molecule has 1 radical (unpaired) electrons. The fraction of sp³-hybridized carbons (Fsp3) is 1.00. The van der Waals surface area contributed by atoms with E-state index in [1.807, 2.05) is 7.11 Å². The van der Waals surface area contributed by atoms with E-state index >= 15 is 0 Å². The minimum atomic E-state index is -2.48. The molecule has 5 aliphatic rings. The standard InChI is InChI=1S/C28H55O5Si4/c1-29-36(4,21-20-23-18-19-27-28(22-23)30-27)33-37(5,26-16-10-11-17-26)32-35(2,3)31-34(24-12-6-7-13-24)25-14-8-9-15-25/h23-28H,6-22H2,1-5H3. The molecule has 213 valence electrons. The molecular formula is C28H55O5Si4. The normalized spacial score (nSPS) is 33.1. The molecule has 5 atom stereocenters. The second-order valence-electron chi connectivity index (χ2n) is 13.8. The van der Waals surface area contributed by atoms with Gasteiger partial charge in [-0.2, -0.15) is 0 Å². The molecular weight excluding hydrogens is 529 g/mol. The zero-order valence-corrected chi connectivity index (χ0v) is 28.5. The molecule has 5 unspecified atom stereocenters. The first-order valence-corrected chi connectivity index (χ1v) is 25.1. The third kappa shape index (κ3) is 7.50. The summed E-state index contributed by atoms with van der Waals surface area (Å²) >= 11 is 0. The van der Waals surface area contributed by atoms with Crippen molar-refractivity contribution in [3.8, 4) is 0 Å². The van der Waals surface area contributed by atoms with Crippen LogP contribution in [0.5, 0.6) is 0 Å². The van der Waals surface area contributed by atoms with Gasteiger partial charge in [0.25, 0.3) is 0 Å². The molecule has 1 heterocycles. The molecule has 4 saturated carbocycles. The summed E-state index contributed by atoms with van der Waals surface area (Å²) in [6, 6.07) is 1.08. The molecule has 5 rings (SSSR count). The highest BCUT2D eigenvalue weighted by Crippen LogP contribution is 2.47. The lowest BCUT2D eigenvalue weighted by atomic mass is 9.88. The van der Waals surface area contributed by atoms with Crippen LogP contribution in [0.1, 0.15) is 103 Å². The minimum absolute atomic E-state index is 0.552. The van der Waals surface area contributed by atoms with E-state index in [-0.39, 0.29) is 0 Å². The molecule has 0 aromatic rings. The summed E-state index contributed by atoms with van der Waals surface area (Å²) in [6.07, 6.45) is 22.5. The summed E-state index contributed by atoms with van der Waals surface area (Å²) in [7, 11) is -6.12. The van der Waals surface area contributed by atoms with Crippen LogP contribution in [0.2, 0.25) is 48.9 Å². The molecule has 0 bridgehead atoms. The first-order valence-electron chi connectivity index (χ1n) is 15.9. The van der Waals surface area contributed by atoms with Crippen LogP contribution in [-0.2, 0) is 21.5 Å². The van der Waals surface area contributed by atoms with Crippen LogP contribution in [-0.4, -0.2) is 54.0 Å². The van der Waals surface area contributed by atoms with Crippen LogP contribution >= 0.6 is 0 Å². The molecule has 0 amide bonds. The zero-order chi connectivity index (χ0) is 26.1. The Morgan fingerprint density at radius 3 is 1.89 bits per heavy atom. The lowest BCUT2D eigenvalue weighted by Gasteiger charge is -2.45. The summed E-state index contributed by atoms with van der Waals surface area (Å²) < 4.78 is 34.1. The van der Waals surface area contributed by atoms with Crippen LogP contribution < -0.4 is 0 Å². The number of epoxide rings is 1. The van der Waals surface area contributed by atoms with E-state index in [1.165, 1.54) is 103 Å². The monoisotopic (exact) mass is 583 g/mol. The second-order valence-corrected chi connectivity index (χ2v) is 27.5. The highest BCUT2D eigenvalue weighted by Gasteiger charge is 2.53. The van der Waals surface area contributed by atoms with Crippen molar-refractivity contribution >= 4 is 34.7 Å². The van der Waals surface area contributed by atoms with E-state index in [2.05, 4.69) is 26.2 Å². The van der Waals surface area contributed by atoms with Gasteiger partial charge >= 0.3 is 25.7 Å². The molecule has 4 aliphatic carbocycles. The second kappa shape index (κ2) is 12.3. The highest BCUT2D eigenvalue weighted by atomic mass is 28.5. The van der Waals surface area contributed by atoms with E-state index in [0.717, 1.165) is 23.0 Å². The Morgan fingerprint density at radius 1 is 0.730 bits per heavy atom. The molecule has 0 N–H and O–H groups in total. The van der Waals surface area contributed by atoms with Crippen molar-refractivity contribution in [2.24, 2.45) is 5.92 Å². The van der Waals surface area contributed by atoms with E-state index in [4.69, 9.17) is 21.5 Å². The SMILES string of the molecule is CO[Si](C)(CCC1CCC2OC2C1)O[Si](C)(O[Si](C)(C)O[Si](C1CCCC1)C1CCCC1)C1CCCC1. The van der Waals surface area contributed by atoms with Gasteiger partial charge in [-0.1, -0.05) is 64.2 Å². The molecule has 0 aromatic heterocycles. The summed E-state index contributed by atoms with van der Waals surface area (Å²) in [6.45, 7) is 9.42. The molecule has 5 fully saturated rings. The highest BCUT2D eigenvalue weighted by molar-refractivity contribution is 6.87. The zero-order valence-electron chi connectivity index (χ0n) is 24.5. The van der Waals surface area contributed by atoms with Crippen LogP contribution in [0.25, 0.3) is 0 Å². The minimum Gasteiger partial charge on any atom is -0.436 e. The Bertz CT molecular complexity index is 724. The van der Waals surface area contributed by atoms with Crippen LogP contribution in [0.3, 0.4) is 0 Å². The van der Waals surface area contributed by atoms with Gasteiger partial charge in [0.2, 0.25) is 9.04 Å². The van der Waals surface area contributed by atoms with Gasteiger partial charge in [0, 0.05) is 12.7 Å². The number of hydrogen-bond donors (Lipinski definition) is 0. The van der Waals surface area contributed by atoms with E-state index < -0.39 is 34.7 Å². The van der Waals surface area contributed by atoms with Gasteiger partial charge in [0.05, 0.1) is 12.2 Å². The molecule has 0 spiro atoms. The Morgan fingerprint density at radius 2 is 1.32 bits per heavy atom. The average Bonchev–Trinajstić information content (AvgIpc) is 3.39. The Balaban J connectivity index is 1.27. The maximum Gasteiger partial charge on any atom is 0.325 e. The van der Waals surface area contributed by atoms with Gasteiger partial charge in [-0.05, 0) is 87.8 Å². The van der Waals surface area contributed by atoms with Gasteiger partial charge in [-0.25, -0.2) is 0 Å². The van der Waals surface area contributed by atoms with E-state index in [0.29, 0.717) is 17.7 Å². The fourth-order valence-corrected chi connectivity index (χ4v) is 27.5. The van der Waals surface area contributed by atoms with Crippen molar-refractivity contribution < 1.29 is 21.5 Å². The molecule has 1 saturated heterocycles. The molecule has 9 heteroatoms. The Kier molecular flexibility index (Phi) is 9.67. The van der Waals surface area contributed by atoms with Crippen molar-refractivity contribution in [1.82, 2.24) is 0 Å². The third-order valence-electron chi connectivity index (χ3n) is 10.4. The van der Waals surface area contributed by atoms with E-state index in [1.54, 1.807) is 0 Å². The number of hydrogen-bond acceptors (Lipinski definition) is 5. The van der Waals surface area contributed by atoms with Crippen molar-refractivity contribution in [2.75, 3.05) is 7.11 Å². The third-order valence-corrected chi connectivity index (χ3v) is 27.1. The van der Waals surface area contributed by atoms with Crippen molar-refractivity contribution in [1.29, 1.82) is 0 Å². The van der Waals surface area contributed by atoms with Crippen LogP contribution in [0, 0.1) is 5.92 Å². The molecule has 0 aromatic carbocycles. The lowest BCUT2D eigenvalue weighted by Crippen LogP contribution is -2.60. The topological polar surface area (TPSA) is 49.5 Å². The van der Waals surface area contributed by atoms with Crippen molar-refractivity contribution in [3.63, 3.8) is 0 Å². The Labute approximate surface area is 232 Å². The molecule has 37 heavy (non-hydrogen) atoms. The van der Waals surface area contributed by atoms with Gasteiger partial charge in [0.1, 0.15) is 0 Å². The quantitative estimate of drug-likeness (QED) is 0.161. The summed E-state index contributed by atoms with van der Waals surface area (Å²) in [5.41, 5.74) is 2.26. The first-order chi connectivity index (χ1) is 17.7. The fourth-order valence-electron chi connectivity index (χ4n) is 8.19. The number of ether oxygens (including phenoxy) is 1. The number of rotatable bonds is 13. The predicted octanol–water partition coefficient (Wildman–Crippen LogP) is 8.31. The maximum atomic E-state index is 7.37. The largest absolute Gasteiger partial charge is 0.436 e. The summed E-state index contributed by atoms with van der Waals surface area (Å²) in [4.78, 5) is 0. The number of fused-ring (bicyclic) bond motifs is 1. The summed E-state index contributed by atoms with van der Waals surface area (Å²) in [5, 5.41) is 0. The molecule has 5 nitrogen and oxygen atoms in total. The predicted molar refractivity (Wildman–Crippen MR) is 159 cm³/mol. The van der Waals surface area contributed by atoms with Crippen LogP contribution in [0.15, 0.2) is 0 Å². The van der Waals surface area contributed by atoms with Crippen molar-refractivity contribution in [2.45, 2.75) is 164 Å². The Hall–Kier alpha value is 0.668. The van der Waals surface area contributed by atoms with Gasteiger partial charge in [0.15, 0.2) is 0 Å². The maximum absolute atomic E-state index is 7.37. The average molecular weight is 584 g/mol. The van der Waals surface area contributed by atoms with Crippen molar-refractivity contribution in [3.05, 3.63) is 0 Å². The van der Waals surface area contributed by atoms with Crippen LogP contribution in [0.4, 0.5) is 0 Å².